The van der Waals surface area contributed by atoms with Gasteiger partial charge in [-0.15, -0.1) is 11.3 Å². The van der Waals surface area contributed by atoms with Crippen LogP contribution in [0.1, 0.15) is 16.7 Å². The highest BCUT2D eigenvalue weighted by Crippen LogP contribution is 2.31. The molecule has 1 unspecified atom stereocenters. The molecule has 2 rings (SSSR count). The average molecular weight is 257 g/mol. The molecule has 0 aliphatic carbocycles. The van der Waals surface area contributed by atoms with Crippen LogP contribution in [0.25, 0.3) is 0 Å². The van der Waals surface area contributed by atoms with Crippen LogP contribution >= 0.6 is 22.9 Å². The first-order valence-electron chi connectivity index (χ1n) is 5.03. The number of halogens is 1. The molecule has 0 aromatic carbocycles. The maximum Gasteiger partial charge on any atom is 0.126 e. The Hall–Kier alpha value is -0.810. The van der Waals surface area contributed by atoms with Crippen LogP contribution in [-0.4, -0.2) is 13.1 Å². The third-order valence-corrected chi connectivity index (χ3v) is 3.50. The Kier molecular flexibility index (Phi) is 4.01. The molecule has 0 radical (unpaired) electrons. The first kappa shape index (κ1) is 11.7. The normalized spacial score (nSPS) is 12.9. The van der Waals surface area contributed by atoms with E-state index in [-0.39, 0.29) is 6.04 Å². The molecule has 0 spiro atoms. The Balaban J connectivity index is 2.21. The smallest absolute Gasteiger partial charge is 0.126 e. The first-order chi connectivity index (χ1) is 7.81. The van der Waals surface area contributed by atoms with Gasteiger partial charge in [0.25, 0.3) is 0 Å². The van der Waals surface area contributed by atoms with Crippen LogP contribution in [0.15, 0.2) is 34.9 Å². The van der Waals surface area contributed by atoms with Crippen molar-refractivity contribution in [3.63, 3.8) is 0 Å². The summed E-state index contributed by atoms with van der Waals surface area (Å²) in [4.78, 5) is 1.13. The number of nitrogens with one attached hydrogen (secondary N) is 1. The molecule has 3 N–H and O–H groups in total. The predicted molar refractivity (Wildman–Crippen MR) is 66.9 cm³/mol. The zero-order valence-electron chi connectivity index (χ0n) is 8.65. The monoisotopic (exact) mass is 256 g/mol. The van der Waals surface area contributed by atoms with Crippen molar-refractivity contribution in [3.05, 3.63) is 45.5 Å². The third kappa shape index (κ3) is 2.65. The molecule has 0 amide bonds. The Morgan fingerprint density at radius 3 is 2.88 bits per heavy atom. The molecule has 0 bridgehead atoms. The van der Waals surface area contributed by atoms with Crippen molar-refractivity contribution >= 4 is 22.9 Å². The average Bonchev–Trinajstić information content (AvgIpc) is 2.91. The fourth-order valence-corrected chi connectivity index (χ4v) is 2.65. The van der Waals surface area contributed by atoms with E-state index in [1.165, 1.54) is 0 Å². The second-order valence-electron chi connectivity index (χ2n) is 3.33. The van der Waals surface area contributed by atoms with Crippen molar-refractivity contribution in [2.24, 2.45) is 5.73 Å². The highest BCUT2D eigenvalue weighted by Gasteiger charge is 2.17. The standard InChI is InChI=1S/C11H13ClN2OS/c12-10-4-3-9(16-10)11(14-6-5-13)8-2-1-7-15-8/h1-4,7,11,14H,5-6,13H2. The Bertz CT molecular complexity index is 427. The lowest BCUT2D eigenvalue weighted by molar-refractivity contribution is 0.452. The van der Waals surface area contributed by atoms with Crippen molar-refractivity contribution in [2.75, 3.05) is 13.1 Å². The van der Waals surface area contributed by atoms with Crippen LogP contribution in [0.3, 0.4) is 0 Å². The molecule has 86 valence electrons. The van der Waals surface area contributed by atoms with Crippen molar-refractivity contribution in [3.8, 4) is 0 Å². The topological polar surface area (TPSA) is 51.2 Å². The second-order valence-corrected chi connectivity index (χ2v) is 5.08. The molecule has 2 heterocycles. The van der Waals surface area contributed by atoms with Gasteiger partial charge in [0.2, 0.25) is 0 Å². The van der Waals surface area contributed by atoms with E-state index < -0.39 is 0 Å². The molecule has 0 fully saturated rings. The van der Waals surface area contributed by atoms with Gasteiger partial charge in [0.15, 0.2) is 0 Å². The molecule has 16 heavy (non-hydrogen) atoms. The molecule has 0 aliphatic heterocycles. The molecule has 3 nitrogen and oxygen atoms in total. The quantitative estimate of drug-likeness (QED) is 0.865. The maximum atomic E-state index is 5.94. The molecule has 5 heteroatoms. The van der Waals surface area contributed by atoms with Gasteiger partial charge in [-0.25, -0.2) is 0 Å². The minimum Gasteiger partial charge on any atom is -0.467 e. The van der Waals surface area contributed by atoms with Crippen molar-refractivity contribution < 1.29 is 4.42 Å². The molecule has 1 atom stereocenters. The van der Waals surface area contributed by atoms with Gasteiger partial charge in [-0.1, -0.05) is 11.6 Å². The van der Waals surface area contributed by atoms with Gasteiger partial charge in [-0.3, -0.25) is 0 Å². The van der Waals surface area contributed by atoms with Crippen LogP contribution in [0.5, 0.6) is 0 Å². The number of rotatable bonds is 5. The Morgan fingerprint density at radius 2 is 2.31 bits per heavy atom. The van der Waals surface area contributed by atoms with Gasteiger partial charge in [0.1, 0.15) is 11.8 Å². The summed E-state index contributed by atoms with van der Waals surface area (Å²) < 4.78 is 6.20. The van der Waals surface area contributed by atoms with Gasteiger partial charge >= 0.3 is 0 Å². The molecule has 0 aliphatic rings. The first-order valence-corrected chi connectivity index (χ1v) is 6.23. The summed E-state index contributed by atoms with van der Waals surface area (Å²) in [6, 6.07) is 7.76. The molecular formula is C11H13ClN2OS. The van der Waals surface area contributed by atoms with Gasteiger partial charge < -0.3 is 15.5 Å². The molecule has 0 saturated carbocycles. The summed E-state index contributed by atoms with van der Waals surface area (Å²) in [5.41, 5.74) is 5.50. The van der Waals surface area contributed by atoms with Crippen molar-refractivity contribution in [1.82, 2.24) is 5.32 Å². The van der Waals surface area contributed by atoms with Crippen LogP contribution in [-0.2, 0) is 0 Å². The summed E-state index contributed by atoms with van der Waals surface area (Å²) in [7, 11) is 0. The maximum absolute atomic E-state index is 5.94. The number of hydrogen-bond acceptors (Lipinski definition) is 4. The van der Waals surface area contributed by atoms with Crippen LogP contribution in [0, 0.1) is 0 Å². The largest absolute Gasteiger partial charge is 0.467 e. The highest BCUT2D eigenvalue weighted by molar-refractivity contribution is 7.16. The zero-order chi connectivity index (χ0) is 11.4. The molecule has 0 saturated heterocycles. The minimum absolute atomic E-state index is 0.0380. The summed E-state index contributed by atoms with van der Waals surface area (Å²) in [5, 5.41) is 3.33. The summed E-state index contributed by atoms with van der Waals surface area (Å²) in [5.74, 6) is 0.881. The second kappa shape index (κ2) is 5.50. The van der Waals surface area contributed by atoms with E-state index in [0.717, 1.165) is 21.5 Å². The fourth-order valence-electron chi connectivity index (χ4n) is 1.51. The van der Waals surface area contributed by atoms with Crippen molar-refractivity contribution in [1.29, 1.82) is 0 Å². The van der Waals surface area contributed by atoms with Crippen LogP contribution < -0.4 is 11.1 Å². The number of hydrogen-bond donors (Lipinski definition) is 2. The van der Waals surface area contributed by atoms with Gasteiger partial charge in [0.05, 0.1) is 10.6 Å². The van der Waals surface area contributed by atoms with E-state index in [2.05, 4.69) is 5.32 Å². The molecular weight excluding hydrogens is 244 g/mol. The lowest BCUT2D eigenvalue weighted by Crippen LogP contribution is -2.27. The Labute approximate surface area is 103 Å². The summed E-state index contributed by atoms with van der Waals surface area (Å²) >= 11 is 7.48. The third-order valence-electron chi connectivity index (χ3n) is 2.20. The summed E-state index contributed by atoms with van der Waals surface area (Å²) in [6.45, 7) is 1.33. The summed E-state index contributed by atoms with van der Waals surface area (Å²) in [6.07, 6.45) is 1.67. The van der Waals surface area contributed by atoms with E-state index in [0.29, 0.717) is 6.54 Å². The fraction of sp³-hybridized carbons (Fsp3) is 0.273. The predicted octanol–water partition coefficient (Wildman–Crippen LogP) is 2.63. The highest BCUT2D eigenvalue weighted by atomic mass is 35.5. The van der Waals surface area contributed by atoms with Crippen LogP contribution in [0.2, 0.25) is 4.34 Å². The Morgan fingerprint density at radius 1 is 1.44 bits per heavy atom. The van der Waals surface area contributed by atoms with Crippen molar-refractivity contribution in [2.45, 2.75) is 6.04 Å². The van der Waals surface area contributed by atoms with E-state index in [9.17, 15) is 0 Å². The van der Waals surface area contributed by atoms with E-state index >= 15 is 0 Å². The number of furan rings is 1. The lowest BCUT2D eigenvalue weighted by Gasteiger charge is -2.14. The number of thiophene rings is 1. The molecule has 2 aromatic heterocycles. The SMILES string of the molecule is NCCNC(c1ccco1)c1ccc(Cl)s1. The minimum atomic E-state index is 0.0380. The van der Waals surface area contributed by atoms with E-state index in [1.807, 2.05) is 24.3 Å². The van der Waals surface area contributed by atoms with Gasteiger partial charge in [0, 0.05) is 18.0 Å². The van der Waals surface area contributed by atoms with Crippen LogP contribution in [0.4, 0.5) is 0 Å². The number of nitrogens with two attached hydrogens (primary N) is 1. The lowest BCUT2D eigenvalue weighted by atomic mass is 10.2. The van der Waals surface area contributed by atoms with Gasteiger partial charge in [-0.05, 0) is 24.3 Å². The van der Waals surface area contributed by atoms with Gasteiger partial charge in [-0.2, -0.15) is 0 Å². The van der Waals surface area contributed by atoms with E-state index in [4.69, 9.17) is 21.8 Å². The zero-order valence-corrected chi connectivity index (χ0v) is 10.2. The molecule has 2 aromatic rings. The van der Waals surface area contributed by atoms with E-state index in [1.54, 1.807) is 17.6 Å².